The van der Waals surface area contributed by atoms with Gasteiger partial charge in [-0.3, -0.25) is 4.79 Å². The minimum atomic E-state index is -0.135. The normalized spacial score (nSPS) is 20.9. The highest BCUT2D eigenvalue weighted by atomic mass is 16.1. The van der Waals surface area contributed by atoms with Gasteiger partial charge in [0.05, 0.1) is 0 Å². The van der Waals surface area contributed by atoms with Crippen molar-refractivity contribution in [1.29, 1.82) is 0 Å². The van der Waals surface area contributed by atoms with Crippen LogP contribution < -0.4 is 5.73 Å². The van der Waals surface area contributed by atoms with Crippen molar-refractivity contribution in [3.63, 3.8) is 0 Å². The van der Waals surface area contributed by atoms with Crippen molar-refractivity contribution in [2.24, 2.45) is 17.1 Å². The van der Waals surface area contributed by atoms with Gasteiger partial charge in [0.15, 0.2) is 0 Å². The van der Waals surface area contributed by atoms with Crippen LogP contribution >= 0.6 is 0 Å². The molecule has 1 fully saturated rings. The molecule has 0 spiro atoms. The summed E-state index contributed by atoms with van der Waals surface area (Å²) in [6.07, 6.45) is 5.11. The Morgan fingerprint density at radius 1 is 1.38 bits per heavy atom. The summed E-state index contributed by atoms with van der Waals surface area (Å²) in [5, 5.41) is 0. The zero-order chi connectivity index (χ0) is 9.90. The number of carbonyl (C=O) groups excluding carboxylic acids is 1. The monoisotopic (exact) mass is 183 g/mol. The molecule has 1 rings (SSSR count). The van der Waals surface area contributed by atoms with E-state index in [9.17, 15) is 4.79 Å². The fraction of sp³-hybridized carbons (Fsp3) is 0.909. The second-order valence-corrected chi connectivity index (χ2v) is 4.71. The van der Waals surface area contributed by atoms with Gasteiger partial charge in [-0.1, -0.05) is 26.7 Å². The number of Topliss-reactive ketones (excluding diaryl/α,β-unsaturated/α-hetero) is 1. The summed E-state index contributed by atoms with van der Waals surface area (Å²) in [5.41, 5.74) is 5.59. The van der Waals surface area contributed by atoms with Gasteiger partial charge in [0.25, 0.3) is 0 Å². The van der Waals surface area contributed by atoms with Gasteiger partial charge < -0.3 is 5.73 Å². The molecular weight excluding hydrogens is 162 g/mol. The largest absolute Gasteiger partial charge is 0.329 e. The first kappa shape index (κ1) is 10.7. The molecule has 0 heterocycles. The van der Waals surface area contributed by atoms with E-state index in [4.69, 9.17) is 5.73 Å². The van der Waals surface area contributed by atoms with Crippen molar-refractivity contribution in [2.75, 3.05) is 6.54 Å². The third kappa shape index (κ3) is 2.31. The number of rotatable bonds is 4. The minimum absolute atomic E-state index is 0.135. The van der Waals surface area contributed by atoms with Gasteiger partial charge in [-0.05, 0) is 18.8 Å². The van der Waals surface area contributed by atoms with Crippen LogP contribution in [0.15, 0.2) is 0 Å². The molecule has 0 aromatic heterocycles. The molecule has 76 valence electrons. The molecule has 13 heavy (non-hydrogen) atoms. The van der Waals surface area contributed by atoms with Crippen LogP contribution in [-0.2, 0) is 4.79 Å². The molecule has 0 aromatic carbocycles. The summed E-state index contributed by atoms with van der Waals surface area (Å²) in [7, 11) is 0. The molecule has 0 unspecified atom stereocenters. The molecule has 1 saturated carbocycles. The van der Waals surface area contributed by atoms with Gasteiger partial charge in [-0.25, -0.2) is 0 Å². The van der Waals surface area contributed by atoms with Crippen LogP contribution in [0.25, 0.3) is 0 Å². The molecule has 0 bridgehead atoms. The predicted molar refractivity (Wildman–Crippen MR) is 54.4 cm³/mol. The lowest BCUT2D eigenvalue weighted by molar-refractivity contribution is -0.128. The Kier molecular flexibility index (Phi) is 3.48. The van der Waals surface area contributed by atoms with Crippen molar-refractivity contribution >= 4 is 5.78 Å². The topological polar surface area (TPSA) is 43.1 Å². The van der Waals surface area contributed by atoms with Crippen molar-refractivity contribution in [2.45, 2.75) is 46.0 Å². The van der Waals surface area contributed by atoms with E-state index in [0.717, 1.165) is 12.8 Å². The van der Waals surface area contributed by atoms with Gasteiger partial charge in [0.2, 0.25) is 0 Å². The van der Waals surface area contributed by atoms with Crippen LogP contribution in [0.4, 0.5) is 0 Å². The highest BCUT2D eigenvalue weighted by Crippen LogP contribution is 2.39. The van der Waals surface area contributed by atoms with Gasteiger partial charge >= 0.3 is 0 Å². The van der Waals surface area contributed by atoms with Crippen molar-refractivity contribution in [3.8, 4) is 0 Å². The predicted octanol–water partition coefficient (Wildman–Crippen LogP) is 2.12. The molecule has 2 heteroatoms. The van der Waals surface area contributed by atoms with E-state index < -0.39 is 0 Å². The average molecular weight is 183 g/mol. The van der Waals surface area contributed by atoms with Crippen molar-refractivity contribution in [1.82, 2.24) is 0 Å². The number of nitrogens with two attached hydrogens (primary N) is 1. The summed E-state index contributed by atoms with van der Waals surface area (Å²) in [6.45, 7) is 4.74. The number of hydrogen-bond acceptors (Lipinski definition) is 2. The maximum Gasteiger partial charge on any atom is 0.140 e. The standard InChI is InChI=1S/C11H21NO/c1-9(2)7-10(13)11(8-12)5-3-4-6-11/h9H,3-8,12H2,1-2H3. The van der Waals surface area contributed by atoms with Crippen LogP contribution in [-0.4, -0.2) is 12.3 Å². The molecule has 0 amide bonds. The molecular formula is C11H21NO. The van der Waals surface area contributed by atoms with Crippen molar-refractivity contribution < 1.29 is 4.79 Å². The van der Waals surface area contributed by atoms with Gasteiger partial charge in [0, 0.05) is 18.4 Å². The van der Waals surface area contributed by atoms with Crippen LogP contribution in [0.3, 0.4) is 0 Å². The lowest BCUT2D eigenvalue weighted by Crippen LogP contribution is -2.36. The van der Waals surface area contributed by atoms with E-state index in [-0.39, 0.29) is 5.41 Å². The number of ketones is 1. The first-order chi connectivity index (χ1) is 6.10. The summed E-state index contributed by atoms with van der Waals surface area (Å²) in [4.78, 5) is 11.9. The Bertz CT molecular complexity index is 181. The molecule has 0 radical (unpaired) electrons. The third-order valence-electron chi connectivity index (χ3n) is 3.14. The van der Waals surface area contributed by atoms with Crippen LogP contribution in [0, 0.1) is 11.3 Å². The van der Waals surface area contributed by atoms with E-state index in [0.29, 0.717) is 24.7 Å². The fourth-order valence-corrected chi connectivity index (χ4v) is 2.24. The van der Waals surface area contributed by atoms with E-state index in [1.165, 1.54) is 12.8 Å². The maximum absolute atomic E-state index is 11.9. The Hall–Kier alpha value is -0.370. The minimum Gasteiger partial charge on any atom is -0.329 e. The maximum atomic E-state index is 11.9. The molecule has 0 saturated heterocycles. The van der Waals surface area contributed by atoms with Gasteiger partial charge in [-0.15, -0.1) is 0 Å². The zero-order valence-electron chi connectivity index (χ0n) is 8.81. The summed E-state index contributed by atoms with van der Waals surface area (Å²) < 4.78 is 0. The average Bonchev–Trinajstić information content (AvgIpc) is 2.51. The van der Waals surface area contributed by atoms with Crippen LogP contribution in [0.5, 0.6) is 0 Å². The van der Waals surface area contributed by atoms with Crippen molar-refractivity contribution in [3.05, 3.63) is 0 Å². The van der Waals surface area contributed by atoms with Gasteiger partial charge in [0.1, 0.15) is 5.78 Å². The van der Waals surface area contributed by atoms with Crippen LogP contribution in [0.1, 0.15) is 46.0 Å². The number of carbonyl (C=O) groups is 1. The lowest BCUT2D eigenvalue weighted by atomic mass is 9.79. The van der Waals surface area contributed by atoms with E-state index >= 15 is 0 Å². The Morgan fingerprint density at radius 2 is 1.92 bits per heavy atom. The third-order valence-corrected chi connectivity index (χ3v) is 3.14. The Labute approximate surface area is 80.9 Å². The highest BCUT2D eigenvalue weighted by Gasteiger charge is 2.39. The fourth-order valence-electron chi connectivity index (χ4n) is 2.24. The summed E-state index contributed by atoms with van der Waals surface area (Å²) in [5.74, 6) is 0.874. The molecule has 0 atom stereocenters. The van der Waals surface area contributed by atoms with Gasteiger partial charge in [-0.2, -0.15) is 0 Å². The zero-order valence-corrected chi connectivity index (χ0v) is 8.81. The van der Waals surface area contributed by atoms with Crippen LogP contribution in [0.2, 0.25) is 0 Å². The quantitative estimate of drug-likeness (QED) is 0.725. The summed E-state index contributed by atoms with van der Waals surface area (Å²) in [6, 6.07) is 0. The van der Waals surface area contributed by atoms with E-state index in [1.807, 2.05) is 0 Å². The molecule has 2 nitrogen and oxygen atoms in total. The lowest BCUT2D eigenvalue weighted by Gasteiger charge is -2.26. The highest BCUT2D eigenvalue weighted by molar-refractivity contribution is 5.85. The SMILES string of the molecule is CC(C)CC(=O)C1(CN)CCCC1. The Balaban J connectivity index is 2.60. The first-order valence-corrected chi connectivity index (χ1v) is 5.34. The second-order valence-electron chi connectivity index (χ2n) is 4.71. The number of hydrogen-bond donors (Lipinski definition) is 1. The molecule has 1 aliphatic carbocycles. The Morgan fingerprint density at radius 3 is 2.31 bits per heavy atom. The second kappa shape index (κ2) is 4.23. The molecule has 1 aliphatic rings. The summed E-state index contributed by atoms with van der Waals surface area (Å²) >= 11 is 0. The molecule has 0 aliphatic heterocycles. The first-order valence-electron chi connectivity index (χ1n) is 5.34. The van der Waals surface area contributed by atoms with E-state index in [2.05, 4.69) is 13.8 Å². The van der Waals surface area contributed by atoms with E-state index in [1.54, 1.807) is 0 Å². The molecule has 2 N–H and O–H groups in total. The smallest absolute Gasteiger partial charge is 0.140 e. The molecule has 0 aromatic rings.